The van der Waals surface area contributed by atoms with E-state index in [-0.39, 0.29) is 25.0 Å². The molecule has 0 aliphatic heterocycles. The van der Waals surface area contributed by atoms with Crippen molar-refractivity contribution in [2.24, 2.45) is 5.92 Å². The summed E-state index contributed by atoms with van der Waals surface area (Å²) in [5, 5.41) is 2.54. The summed E-state index contributed by atoms with van der Waals surface area (Å²) in [6.45, 7) is -0.549. The summed E-state index contributed by atoms with van der Waals surface area (Å²) in [6.07, 6.45) is 1.62. The Hall–Kier alpha value is -2.44. The maximum atomic E-state index is 12.7. The molecule has 1 aromatic carbocycles. The van der Waals surface area contributed by atoms with Gasteiger partial charge >= 0.3 is 5.97 Å². The molecule has 0 heterocycles. The van der Waals surface area contributed by atoms with E-state index in [0.717, 1.165) is 12.8 Å². The van der Waals surface area contributed by atoms with Crippen LogP contribution in [-0.2, 0) is 19.1 Å². The van der Waals surface area contributed by atoms with Gasteiger partial charge in [-0.2, -0.15) is 0 Å². The summed E-state index contributed by atoms with van der Waals surface area (Å²) < 4.78 is 17.6. The first-order chi connectivity index (χ1) is 10.5. The molecule has 1 fully saturated rings. The van der Waals surface area contributed by atoms with Crippen LogP contribution >= 0.6 is 0 Å². The second-order valence-electron chi connectivity index (χ2n) is 5.19. The molecule has 1 saturated carbocycles. The van der Waals surface area contributed by atoms with Crippen LogP contribution in [0.15, 0.2) is 24.3 Å². The molecule has 2 amide bonds. The number of esters is 1. The van der Waals surface area contributed by atoms with E-state index in [1.165, 1.54) is 36.2 Å². The van der Waals surface area contributed by atoms with Crippen molar-refractivity contribution < 1.29 is 23.5 Å². The number of carbonyl (C=O) groups is 3. The van der Waals surface area contributed by atoms with Gasteiger partial charge in [-0.15, -0.1) is 0 Å². The van der Waals surface area contributed by atoms with Gasteiger partial charge in [-0.05, 0) is 37.1 Å². The Labute approximate surface area is 127 Å². The summed E-state index contributed by atoms with van der Waals surface area (Å²) in [5.41, 5.74) is 0.437. The van der Waals surface area contributed by atoms with Gasteiger partial charge in [0.25, 0.3) is 5.91 Å². The molecule has 0 radical (unpaired) electrons. The highest BCUT2D eigenvalue weighted by Crippen LogP contribution is 2.29. The third kappa shape index (κ3) is 4.83. The lowest BCUT2D eigenvalue weighted by Crippen LogP contribution is -2.37. The fraction of sp³-hybridized carbons (Fsp3) is 0.400. The molecule has 1 aliphatic carbocycles. The first-order valence-electron chi connectivity index (χ1n) is 6.91. The first kappa shape index (κ1) is 15.9. The van der Waals surface area contributed by atoms with Gasteiger partial charge in [-0.3, -0.25) is 14.4 Å². The highest BCUT2D eigenvalue weighted by molar-refractivity contribution is 5.94. The van der Waals surface area contributed by atoms with Gasteiger partial charge in [0.15, 0.2) is 6.61 Å². The van der Waals surface area contributed by atoms with Crippen molar-refractivity contribution in [1.82, 2.24) is 4.90 Å². The van der Waals surface area contributed by atoms with Gasteiger partial charge in [0.2, 0.25) is 5.91 Å². The van der Waals surface area contributed by atoms with Crippen molar-refractivity contribution in [2.45, 2.75) is 12.8 Å². The smallest absolute Gasteiger partial charge is 0.309 e. The van der Waals surface area contributed by atoms with Crippen LogP contribution in [-0.4, -0.2) is 42.9 Å². The van der Waals surface area contributed by atoms with Gasteiger partial charge < -0.3 is 15.0 Å². The molecule has 1 N–H and O–H groups in total. The van der Waals surface area contributed by atoms with E-state index in [9.17, 15) is 18.8 Å². The predicted molar refractivity (Wildman–Crippen MR) is 76.3 cm³/mol. The zero-order valence-electron chi connectivity index (χ0n) is 12.2. The largest absolute Gasteiger partial charge is 0.455 e. The number of nitrogens with zero attached hydrogens (tertiary/aromatic N) is 1. The summed E-state index contributed by atoms with van der Waals surface area (Å²) >= 11 is 0. The van der Waals surface area contributed by atoms with E-state index < -0.39 is 17.6 Å². The molecule has 1 aliphatic rings. The molecule has 6 nitrogen and oxygen atoms in total. The molecule has 0 spiro atoms. The van der Waals surface area contributed by atoms with Crippen LogP contribution in [0.25, 0.3) is 0 Å². The normalized spacial score (nSPS) is 13.4. The monoisotopic (exact) mass is 308 g/mol. The lowest BCUT2D eigenvalue weighted by atomic mass is 10.3. The van der Waals surface area contributed by atoms with Crippen LogP contribution in [0, 0.1) is 11.7 Å². The van der Waals surface area contributed by atoms with Crippen molar-refractivity contribution in [3.05, 3.63) is 30.1 Å². The number of benzene rings is 1. The fourth-order valence-electron chi connectivity index (χ4n) is 1.72. The van der Waals surface area contributed by atoms with E-state index >= 15 is 0 Å². The van der Waals surface area contributed by atoms with Crippen LogP contribution in [0.2, 0.25) is 0 Å². The van der Waals surface area contributed by atoms with Gasteiger partial charge in [0.05, 0.1) is 12.5 Å². The third-order valence-corrected chi connectivity index (χ3v) is 3.18. The Bertz CT molecular complexity index is 569. The van der Waals surface area contributed by atoms with Crippen molar-refractivity contribution in [1.29, 1.82) is 0 Å². The maximum Gasteiger partial charge on any atom is 0.309 e. The molecule has 0 bridgehead atoms. The minimum atomic E-state index is -0.455. The second-order valence-corrected chi connectivity index (χ2v) is 5.19. The highest BCUT2D eigenvalue weighted by atomic mass is 19.1. The summed E-state index contributed by atoms with van der Waals surface area (Å²) in [7, 11) is 1.44. The van der Waals surface area contributed by atoms with Crippen LogP contribution in [0.1, 0.15) is 12.8 Å². The van der Waals surface area contributed by atoms with Gasteiger partial charge in [-0.1, -0.05) is 0 Å². The molecule has 1 aromatic rings. The van der Waals surface area contributed by atoms with Crippen LogP contribution < -0.4 is 5.32 Å². The zero-order chi connectivity index (χ0) is 16.1. The molecule has 2 rings (SSSR count). The summed E-state index contributed by atoms with van der Waals surface area (Å²) in [4.78, 5) is 36.0. The predicted octanol–water partition coefficient (Wildman–Crippen LogP) is 1.18. The lowest BCUT2D eigenvalue weighted by Gasteiger charge is -2.16. The van der Waals surface area contributed by atoms with Crippen LogP contribution in [0.4, 0.5) is 10.1 Å². The quantitative estimate of drug-likeness (QED) is 0.801. The molecule has 7 heteroatoms. The molecule has 0 saturated heterocycles. The van der Waals surface area contributed by atoms with E-state index in [1.54, 1.807) is 0 Å². The van der Waals surface area contributed by atoms with E-state index in [0.29, 0.717) is 5.69 Å². The zero-order valence-corrected chi connectivity index (χ0v) is 12.2. The topological polar surface area (TPSA) is 75.7 Å². The Morgan fingerprint density at radius 3 is 2.50 bits per heavy atom. The number of carbonyl (C=O) groups excluding carboxylic acids is 3. The number of hydrogen-bond donors (Lipinski definition) is 1. The average Bonchev–Trinajstić information content (AvgIpc) is 3.31. The minimum absolute atomic E-state index is 0.0696. The van der Waals surface area contributed by atoms with E-state index in [1.807, 2.05) is 0 Å². The standard InChI is InChI=1S/C15H17FN2O4/c1-18(14(20)9-22-15(21)10-2-3-10)8-13(19)17-12-6-4-11(16)5-7-12/h4-7,10H,2-3,8-9H2,1H3,(H,17,19). The lowest BCUT2D eigenvalue weighted by molar-refractivity contribution is -0.152. The number of amides is 2. The number of halogens is 1. The van der Waals surface area contributed by atoms with Crippen LogP contribution in [0.3, 0.4) is 0 Å². The second kappa shape index (κ2) is 7.02. The van der Waals surface area contributed by atoms with Gasteiger partial charge in [0.1, 0.15) is 5.82 Å². The maximum absolute atomic E-state index is 12.7. The number of ether oxygens (including phenoxy) is 1. The number of likely N-dealkylation sites (N-methyl/N-ethyl adjacent to an activating group) is 1. The van der Waals surface area contributed by atoms with Gasteiger partial charge in [0, 0.05) is 12.7 Å². The molecule has 0 aromatic heterocycles. The highest BCUT2D eigenvalue weighted by Gasteiger charge is 2.31. The van der Waals surface area contributed by atoms with Crippen molar-refractivity contribution in [3.8, 4) is 0 Å². The average molecular weight is 308 g/mol. The van der Waals surface area contributed by atoms with Crippen molar-refractivity contribution >= 4 is 23.5 Å². The minimum Gasteiger partial charge on any atom is -0.455 e. The molecular weight excluding hydrogens is 291 g/mol. The van der Waals surface area contributed by atoms with Crippen molar-refractivity contribution in [2.75, 3.05) is 25.5 Å². The van der Waals surface area contributed by atoms with E-state index in [2.05, 4.69) is 5.32 Å². The van der Waals surface area contributed by atoms with Crippen molar-refractivity contribution in [3.63, 3.8) is 0 Å². The number of rotatable bonds is 6. The molecule has 0 unspecified atom stereocenters. The number of hydrogen-bond acceptors (Lipinski definition) is 4. The molecular formula is C15H17FN2O4. The Kier molecular flexibility index (Phi) is 5.08. The molecule has 0 atom stereocenters. The summed E-state index contributed by atoms with van der Waals surface area (Å²) in [5.74, 6) is -1.71. The Morgan fingerprint density at radius 1 is 1.27 bits per heavy atom. The summed E-state index contributed by atoms with van der Waals surface area (Å²) in [6, 6.07) is 5.29. The number of anilines is 1. The molecule has 118 valence electrons. The van der Waals surface area contributed by atoms with Crippen LogP contribution in [0.5, 0.6) is 0 Å². The SMILES string of the molecule is CN(CC(=O)Nc1ccc(F)cc1)C(=O)COC(=O)C1CC1. The fourth-order valence-corrected chi connectivity index (χ4v) is 1.72. The third-order valence-electron chi connectivity index (χ3n) is 3.18. The number of nitrogens with one attached hydrogen (secondary N) is 1. The first-order valence-corrected chi connectivity index (χ1v) is 6.91. The van der Waals surface area contributed by atoms with Gasteiger partial charge in [-0.25, -0.2) is 4.39 Å². The van der Waals surface area contributed by atoms with E-state index in [4.69, 9.17) is 4.74 Å². The Morgan fingerprint density at radius 2 is 1.91 bits per heavy atom. The Balaban J connectivity index is 1.73. The molecule has 22 heavy (non-hydrogen) atoms.